The average molecular weight is 325 g/mol. The van der Waals surface area contributed by atoms with Gasteiger partial charge in [-0.05, 0) is 12.8 Å². The molecular formula is C22H44O. The first-order chi connectivity index (χ1) is 11.4. The topological polar surface area (TPSA) is 20.2 Å². The van der Waals surface area contributed by atoms with Gasteiger partial charge in [-0.25, -0.2) is 0 Å². The van der Waals surface area contributed by atoms with E-state index in [2.05, 4.69) is 0 Å². The van der Waals surface area contributed by atoms with Crippen LogP contribution in [0.4, 0.5) is 0 Å². The molecule has 0 aromatic carbocycles. The summed E-state index contributed by atoms with van der Waals surface area (Å²) in [6.45, 7) is 0. The van der Waals surface area contributed by atoms with E-state index in [0.717, 1.165) is 12.8 Å². The molecule has 1 aliphatic rings. The Balaban J connectivity index is 2.07. The normalized spacial score (nSPS) is 24.4. The van der Waals surface area contributed by atoms with Gasteiger partial charge in [-0.1, -0.05) is 122 Å². The van der Waals surface area contributed by atoms with Gasteiger partial charge in [0, 0.05) is 0 Å². The molecule has 1 aliphatic carbocycles. The van der Waals surface area contributed by atoms with E-state index in [1.54, 1.807) is 0 Å². The van der Waals surface area contributed by atoms with Crippen molar-refractivity contribution in [2.24, 2.45) is 0 Å². The van der Waals surface area contributed by atoms with Crippen molar-refractivity contribution < 1.29 is 5.11 Å². The minimum absolute atomic E-state index is 0.0205. The van der Waals surface area contributed by atoms with Crippen molar-refractivity contribution in [2.75, 3.05) is 0 Å². The Labute approximate surface area is 146 Å². The second-order valence-electron chi connectivity index (χ2n) is 7.95. The molecule has 1 heteroatoms. The first-order valence-electron chi connectivity index (χ1n) is 11.1. The highest BCUT2D eigenvalue weighted by atomic mass is 16.3. The third kappa shape index (κ3) is 15.2. The van der Waals surface area contributed by atoms with Gasteiger partial charge in [-0.3, -0.25) is 0 Å². The van der Waals surface area contributed by atoms with E-state index < -0.39 is 0 Å². The first kappa shape index (κ1) is 21.0. The van der Waals surface area contributed by atoms with Gasteiger partial charge in [0.25, 0.3) is 0 Å². The Hall–Kier alpha value is -0.0400. The molecule has 0 atom stereocenters. The predicted molar refractivity (Wildman–Crippen MR) is 103 cm³/mol. The van der Waals surface area contributed by atoms with Crippen LogP contribution in [-0.4, -0.2) is 11.2 Å². The fourth-order valence-corrected chi connectivity index (χ4v) is 3.91. The molecule has 0 bridgehead atoms. The van der Waals surface area contributed by atoms with Crippen molar-refractivity contribution in [3.8, 4) is 0 Å². The summed E-state index contributed by atoms with van der Waals surface area (Å²) < 4.78 is 0. The Morgan fingerprint density at radius 1 is 0.304 bits per heavy atom. The van der Waals surface area contributed by atoms with Crippen molar-refractivity contribution in [1.82, 2.24) is 0 Å². The monoisotopic (exact) mass is 324 g/mol. The van der Waals surface area contributed by atoms with Crippen LogP contribution in [-0.2, 0) is 0 Å². The summed E-state index contributed by atoms with van der Waals surface area (Å²) in [5.41, 5.74) is 0. The van der Waals surface area contributed by atoms with Crippen molar-refractivity contribution in [1.29, 1.82) is 0 Å². The summed E-state index contributed by atoms with van der Waals surface area (Å²) >= 11 is 0. The first-order valence-corrected chi connectivity index (χ1v) is 11.1. The van der Waals surface area contributed by atoms with Crippen LogP contribution in [0.2, 0.25) is 0 Å². The Kier molecular flexibility index (Phi) is 15.3. The number of rotatable bonds is 0. The molecule has 1 N–H and O–H groups in total. The van der Waals surface area contributed by atoms with Crippen LogP contribution in [0.25, 0.3) is 0 Å². The van der Waals surface area contributed by atoms with Crippen molar-refractivity contribution >= 4 is 0 Å². The van der Waals surface area contributed by atoms with Crippen LogP contribution < -0.4 is 0 Å². The van der Waals surface area contributed by atoms with Crippen molar-refractivity contribution in [3.63, 3.8) is 0 Å². The molecule has 0 aliphatic heterocycles. The summed E-state index contributed by atoms with van der Waals surface area (Å²) in [5.74, 6) is 0. The van der Waals surface area contributed by atoms with E-state index in [4.69, 9.17) is 0 Å². The summed E-state index contributed by atoms with van der Waals surface area (Å²) in [4.78, 5) is 0. The van der Waals surface area contributed by atoms with E-state index in [0.29, 0.717) is 0 Å². The van der Waals surface area contributed by atoms with Gasteiger partial charge in [-0.2, -0.15) is 0 Å². The molecule has 0 unspecified atom stereocenters. The quantitative estimate of drug-likeness (QED) is 0.487. The molecule has 1 nitrogen and oxygen atoms in total. The Bertz CT molecular complexity index is 204. The van der Waals surface area contributed by atoms with E-state index >= 15 is 0 Å². The molecule has 138 valence electrons. The Morgan fingerprint density at radius 3 is 0.696 bits per heavy atom. The van der Waals surface area contributed by atoms with Crippen molar-refractivity contribution in [2.45, 2.75) is 141 Å². The van der Waals surface area contributed by atoms with Gasteiger partial charge in [0.15, 0.2) is 0 Å². The highest BCUT2D eigenvalue weighted by Gasteiger charge is 2.04. The highest BCUT2D eigenvalue weighted by molar-refractivity contribution is 4.58. The molecule has 1 fully saturated rings. The van der Waals surface area contributed by atoms with E-state index in [1.165, 1.54) is 122 Å². The van der Waals surface area contributed by atoms with Crippen LogP contribution in [0.15, 0.2) is 0 Å². The fraction of sp³-hybridized carbons (Fsp3) is 1.00. The molecule has 23 heavy (non-hydrogen) atoms. The number of aliphatic hydroxyl groups is 1. The third-order valence-corrected chi connectivity index (χ3v) is 5.57. The maximum atomic E-state index is 10.0. The molecule has 0 aromatic heterocycles. The molecule has 0 heterocycles. The van der Waals surface area contributed by atoms with Crippen LogP contribution in [0.5, 0.6) is 0 Å². The van der Waals surface area contributed by atoms with Crippen molar-refractivity contribution in [3.05, 3.63) is 0 Å². The average Bonchev–Trinajstić information content (AvgIpc) is 2.55. The van der Waals surface area contributed by atoms with E-state index in [1.807, 2.05) is 0 Å². The second kappa shape index (κ2) is 16.8. The SMILES string of the molecule is OC1CCCCCCCCCCCCCCCCCCCCC1. The standard InChI is InChI=1S/C22H44O/c23-22-20-18-16-14-12-10-8-6-4-2-1-3-5-7-9-11-13-15-17-19-21-22/h22-23H,1-21H2. The zero-order chi connectivity index (χ0) is 16.4. The molecule has 0 saturated heterocycles. The highest BCUT2D eigenvalue weighted by Crippen LogP contribution is 2.17. The van der Waals surface area contributed by atoms with Gasteiger partial charge >= 0.3 is 0 Å². The minimum Gasteiger partial charge on any atom is -0.393 e. The largest absolute Gasteiger partial charge is 0.393 e. The third-order valence-electron chi connectivity index (χ3n) is 5.57. The maximum absolute atomic E-state index is 10.0. The minimum atomic E-state index is -0.0205. The Morgan fingerprint density at radius 2 is 0.478 bits per heavy atom. The maximum Gasteiger partial charge on any atom is 0.0540 e. The van der Waals surface area contributed by atoms with Gasteiger partial charge in [-0.15, -0.1) is 0 Å². The number of aliphatic hydroxyl groups excluding tert-OH is 1. The van der Waals surface area contributed by atoms with E-state index in [-0.39, 0.29) is 6.10 Å². The predicted octanol–water partition coefficient (Wildman–Crippen LogP) is 7.55. The summed E-state index contributed by atoms with van der Waals surface area (Å²) in [6, 6.07) is 0. The summed E-state index contributed by atoms with van der Waals surface area (Å²) in [7, 11) is 0. The van der Waals surface area contributed by atoms with E-state index in [9.17, 15) is 5.11 Å². The summed E-state index contributed by atoms with van der Waals surface area (Å²) in [5, 5.41) is 10.0. The fourth-order valence-electron chi connectivity index (χ4n) is 3.91. The number of hydrogen-bond acceptors (Lipinski definition) is 1. The molecule has 1 rings (SSSR count). The van der Waals surface area contributed by atoms with Gasteiger partial charge < -0.3 is 5.11 Å². The second-order valence-corrected chi connectivity index (χ2v) is 7.95. The lowest BCUT2D eigenvalue weighted by molar-refractivity contribution is 0.147. The molecule has 0 aromatic rings. The van der Waals surface area contributed by atoms with Gasteiger partial charge in [0.05, 0.1) is 6.10 Å². The zero-order valence-corrected chi connectivity index (χ0v) is 15.9. The lowest BCUT2D eigenvalue weighted by Crippen LogP contribution is -2.05. The van der Waals surface area contributed by atoms with Crippen LogP contribution in [0.3, 0.4) is 0 Å². The molecular weight excluding hydrogens is 280 g/mol. The molecule has 0 spiro atoms. The lowest BCUT2D eigenvalue weighted by atomic mass is 10.0. The van der Waals surface area contributed by atoms with Crippen LogP contribution in [0, 0.1) is 0 Å². The molecule has 0 amide bonds. The lowest BCUT2D eigenvalue weighted by Gasteiger charge is -2.10. The van der Waals surface area contributed by atoms with Crippen LogP contribution in [0.1, 0.15) is 135 Å². The van der Waals surface area contributed by atoms with Gasteiger partial charge in [0.2, 0.25) is 0 Å². The smallest absolute Gasteiger partial charge is 0.0540 e. The van der Waals surface area contributed by atoms with Gasteiger partial charge in [0.1, 0.15) is 0 Å². The molecule has 0 radical (unpaired) electrons. The number of hydrogen-bond donors (Lipinski definition) is 1. The summed E-state index contributed by atoms with van der Waals surface area (Å²) in [6.07, 6.45) is 28.8. The van der Waals surface area contributed by atoms with Crippen LogP contribution >= 0.6 is 0 Å². The molecule has 1 saturated carbocycles. The zero-order valence-electron chi connectivity index (χ0n) is 15.9.